The third-order valence-electron chi connectivity index (χ3n) is 1.50. The van der Waals surface area contributed by atoms with Crippen molar-refractivity contribution in [2.75, 3.05) is 19.1 Å². The fourth-order valence-electron chi connectivity index (χ4n) is 0.902. The van der Waals surface area contributed by atoms with Gasteiger partial charge in [-0.3, -0.25) is 5.01 Å². The quantitative estimate of drug-likeness (QED) is 0.601. The van der Waals surface area contributed by atoms with Crippen molar-refractivity contribution in [2.24, 2.45) is 0 Å². The smallest absolute Gasteiger partial charge is 0.179 e. The van der Waals surface area contributed by atoms with Crippen molar-refractivity contribution < 1.29 is 0 Å². The van der Waals surface area contributed by atoms with Crippen LogP contribution in [0.5, 0.6) is 0 Å². The van der Waals surface area contributed by atoms with Crippen molar-refractivity contribution in [3.05, 3.63) is 5.82 Å². The molecule has 1 aromatic heterocycles. The first-order valence-electron chi connectivity index (χ1n) is 3.89. The summed E-state index contributed by atoms with van der Waals surface area (Å²) in [5.74, 6) is 0.868. The molecule has 1 aromatic rings. The topological polar surface area (TPSA) is 46.8 Å². The van der Waals surface area contributed by atoms with E-state index < -0.39 is 0 Å². The first-order valence-corrected chi connectivity index (χ1v) is 3.89. The van der Waals surface area contributed by atoms with Crippen LogP contribution in [0, 0.1) is 0 Å². The highest BCUT2D eigenvalue weighted by Crippen LogP contribution is 2.17. The van der Waals surface area contributed by atoms with Gasteiger partial charge in [-0.2, -0.15) is 0 Å². The molecule has 0 saturated carbocycles. The van der Waals surface area contributed by atoms with E-state index in [2.05, 4.69) is 36.3 Å². The Bertz CT molecular complexity index is 257. The summed E-state index contributed by atoms with van der Waals surface area (Å²) in [5.41, 5.74) is -0.0201. The predicted molar refractivity (Wildman–Crippen MR) is 46.6 cm³/mol. The van der Waals surface area contributed by atoms with E-state index in [1.165, 1.54) is 0 Å². The van der Waals surface area contributed by atoms with E-state index >= 15 is 0 Å². The van der Waals surface area contributed by atoms with Crippen molar-refractivity contribution in [3.8, 4) is 0 Å². The molecule has 0 amide bonds. The Kier molecular flexibility index (Phi) is 2.04. The maximum absolute atomic E-state index is 3.97. The normalized spacial score (nSPS) is 11.8. The lowest BCUT2D eigenvalue weighted by Crippen LogP contribution is -2.32. The van der Waals surface area contributed by atoms with Crippen LogP contribution in [0.25, 0.3) is 0 Å². The molecule has 1 heterocycles. The lowest BCUT2D eigenvalue weighted by atomic mass is 9.96. The highest BCUT2D eigenvalue weighted by atomic mass is 15.7. The van der Waals surface area contributed by atoms with Crippen molar-refractivity contribution >= 4 is 0 Å². The van der Waals surface area contributed by atoms with Crippen LogP contribution < -0.4 is 5.01 Å². The fraction of sp³-hybridized carbons (Fsp3) is 0.857. The van der Waals surface area contributed by atoms with Crippen LogP contribution in [0.4, 0.5) is 0 Å². The van der Waals surface area contributed by atoms with Crippen molar-refractivity contribution in [2.45, 2.75) is 26.2 Å². The number of nitrogens with zero attached hydrogens (tertiary/aromatic N) is 5. The van der Waals surface area contributed by atoms with Gasteiger partial charge >= 0.3 is 0 Å². The Labute approximate surface area is 72.3 Å². The Morgan fingerprint density at radius 3 is 2.17 bits per heavy atom. The standard InChI is InChI=1S/C7H15N5/c1-7(2,3)6-8-9-10-12(6)11(4)5/h1-5H3. The van der Waals surface area contributed by atoms with Crippen molar-refractivity contribution in [1.29, 1.82) is 0 Å². The summed E-state index contributed by atoms with van der Waals surface area (Å²) in [6, 6.07) is 0. The van der Waals surface area contributed by atoms with Crippen molar-refractivity contribution in [1.82, 2.24) is 20.3 Å². The minimum absolute atomic E-state index is 0.0201. The van der Waals surface area contributed by atoms with Gasteiger partial charge < -0.3 is 0 Å². The summed E-state index contributed by atoms with van der Waals surface area (Å²) >= 11 is 0. The Hall–Kier alpha value is -1.13. The van der Waals surface area contributed by atoms with E-state index in [0.717, 1.165) is 5.82 Å². The van der Waals surface area contributed by atoms with Gasteiger partial charge in [-0.25, -0.2) is 0 Å². The average molecular weight is 169 g/mol. The summed E-state index contributed by atoms with van der Waals surface area (Å²) in [6.45, 7) is 6.25. The van der Waals surface area contributed by atoms with Gasteiger partial charge in [-0.15, -0.1) is 9.89 Å². The average Bonchev–Trinajstić information content (AvgIpc) is 2.30. The van der Waals surface area contributed by atoms with Gasteiger partial charge in [-0.1, -0.05) is 20.8 Å². The van der Waals surface area contributed by atoms with Crippen LogP contribution in [0.3, 0.4) is 0 Å². The zero-order valence-corrected chi connectivity index (χ0v) is 8.24. The Morgan fingerprint density at radius 2 is 1.83 bits per heavy atom. The van der Waals surface area contributed by atoms with E-state index in [0.29, 0.717) is 0 Å². The van der Waals surface area contributed by atoms with Crippen LogP contribution in [-0.4, -0.2) is 34.4 Å². The van der Waals surface area contributed by atoms with Gasteiger partial charge in [-0.05, 0) is 10.4 Å². The molecule has 1 rings (SSSR count). The molecule has 0 aliphatic heterocycles. The van der Waals surface area contributed by atoms with E-state index in [1.54, 1.807) is 4.79 Å². The predicted octanol–water partition coefficient (Wildman–Crippen LogP) is 0.168. The lowest BCUT2D eigenvalue weighted by Gasteiger charge is -2.20. The number of hydrogen-bond acceptors (Lipinski definition) is 4. The molecule has 0 N–H and O–H groups in total. The molecule has 0 unspecified atom stereocenters. The minimum Gasteiger partial charge on any atom is -0.300 e. The first-order chi connectivity index (χ1) is 5.43. The van der Waals surface area contributed by atoms with E-state index in [4.69, 9.17) is 0 Å². The largest absolute Gasteiger partial charge is 0.300 e. The maximum Gasteiger partial charge on any atom is 0.179 e. The number of tetrazole rings is 1. The van der Waals surface area contributed by atoms with Crippen LogP contribution >= 0.6 is 0 Å². The number of aromatic nitrogens is 4. The fourth-order valence-corrected chi connectivity index (χ4v) is 0.902. The summed E-state index contributed by atoms with van der Waals surface area (Å²) in [7, 11) is 3.82. The molecule has 0 radical (unpaired) electrons. The van der Waals surface area contributed by atoms with Gasteiger partial charge in [0.1, 0.15) is 0 Å². The van der Waals surface area contributed by atoms with Gasteiger partial charge in [0.2, 0.25) is 0 Å². The van der Waals surface area contributed by atoms with Gasteiger partial charge in [0.05, 0.1) is 0 Å². The summed E-state index contributed by atoms with van der Waals surface area (Å²) < 4.78 is 0. The first kappa shape index (κ1) is 8.96. The maximum atomic E-state index is 3.97. The molecular weight excluding hydrogens is 154 g/mol. The van der Waals surface area contributed by atoms with E-state index in [-0.39, 0.29) is 5.41 Å². The molecule has 5 nitrogen and oxygen atoms in total. The Balaban J connectivity index is 3.08. The summed E-state index contributed by atoms with van der Waals surface area (Å²) in [6.07, 6.45) is 0. The summed E-state index contributed by atoms with van der Waals surface area (Å²) in [4.78, 5) is 1.69. The molecule has 0 fully saturated rings. The highest BCUT2D eigenvalue weighted by molar-refractivity contribution is 5.00. The van der Waals surface area contributed by atoms with Gasteiger partial charge in [0, 0.05) is 19.5 Å². The molecular formula is C7H15N5. The van der Waals surface area contributed by atoms with Crippen LogP contribution in [0.1, 0.15) is 26.6 Å². The monoisotopic (exact) mass is 169 g/mol. The summed E-state index contributed by atoms with van der Waals surface area (Å²) in [5, 5.41) is 13.3. The minimum atomic E-state index is -0.0201. The zero-order valence-electron chi connectivity index (χ0n) is 8.24. The second kappa shape index (κ2) is 2.73. The van der Waals surface area contributed by atoms with Crippen molar-refractivity contribution in [3.63, 3.8) is 0 Å². The third kappa shape index (κ3) is 1.54. The second-order valence-corrected chi connectivity index (χ2v) is 3.99. The van der Waals surface area contributed by atoms with E-state index in [1.807, 2.05) is 19.1 Å². The molecule has 0 aromatic carbocycles. The van der Waals surface area contributed by atoms with Gasteiger partial charge in [0.25, 0.3) is 0 Å². The molecule has 0 spiro atoms. The molecule has 0 aliphatic rings. The van der Waals surface area contributed by atoms with Crippen LogP contribution in [0.2, 0.25) is 0 Å². The van der Waals surface area contributed by atoms with Crippen LogP contribution in [-0.2, 0) is 5.41 Å². The van der Waals surface area contributed by atoms with Gasteiger partial charge in [0.15, 0.2) is 5.82 Å². The molecule has 12 heavy (non-hydrogen) atoms. The lowest BCUT2D eigenvalue weighted by molar-refractivity contribution is 0.478. The SMILES string of the molecule is CN(C)n1nnnc1C(C)(C)C. The van der Waals surface area contributed by atoms with E-state index in [9.17, 15) is 0 Å². The Morgan fingerprint density at radius 1 is 1.25 bits per heavy atom. The molecule has 68 valence electrons. The second-order valence-electron chi connectivity index (χ2n) is 3.99. The third-order valence-corrected chi connectivity index (χ3v) is 1.50. The molecule has 0 aliphatic carbocycles. The molecule has 0 bridgehead atoms. The zero-order chi connectivity index (χ0) is 9.35. The molecule has 0 saturated heterocycles. The molecule has 5 heteroatoms. The van der Waals surface area contributed by atoms with Crippen LogP contribution in [0.15, 0.2) is 0 Å². The number of rotatable bonds is 1. The number of hydrogen-bond donors (Lipinski definition) is 0. The highest BCUT2D eigenvalue weighted by Gasteiger charge is 2.22. The molecule has 0 atom stereocenters.